The standard InChI is InChI=1S/C14H24O2S2/c1-2-3-4-5-6-7-8-9-12-18(15,16)14-10-11-17-13-14/h10-11,13H,2-9,12H2,1H3. The van der Waals surface area contributed by atoms with Crippen molar-refractivity contribution >= 4 is 21.2 Å². The summed E-state index contributed by atoms with van der Waals surface area (Å²) in [6, 6.07) is 1.70. The summed E-state index contributed by atoms with van der Waals surface area (Å²) in [6.45, 7) is 2.22. The van der Waals surface area contributed by atoms with Gasteiger partial charge in [0.1, 0.15) is 0 Å². The summed E-state index contributed by atoms with van der Waals surface area (Å²) >= 11 is 1.44. The van der Waals surface area contributed by atoms with Crippen molar-refractivity contribution in [2.75, 3.05) is 5.75 Å². The van der Waals surface area contributed by atoms with E-state index >= 15 is 0 Å². The van der Waals surface area contributed by atoms with E-state index in [0.29, 0.717) is 10.6 Å². The molecular formula is C14H24O2S2. The summed E-state index contributed by atoms with van der Waals surface area (Å²) in [4.78, 5) is 0.496. The lowest BCUT2D eigenvalue weighted by atomic mass is 10.1. The van der Waals surface area contributed by atoms with E-state index in [9.17, 15) is 8.42 Å². The third-order valence-corrected chi connectivity index (χ3v) is 5.75. The summed E-state index contributed by atoms with van der Waals surface area (Å²) in [7, 11) is -3.01. The SMILES string of the molecule is CCCCCCCCCCS(=O)(=O)c1ccsc1. The van der Waals surface area contributed by atoms with Crippen molar-refractivity contribution in [1.82, 2.24) is 0 Å². The minimum absolute atomic E-state index is 0.304. The van der Waals surface area contributed by atoms with E-state index in [0.717, 1.165) is 12.8 Å². The number of hydrogen-bond acceptors (Lipinski definition) is 3. The average Bonchev–Trinajstić information content (AvgIpc) is 2.87. The minimum Gasteiger partial charge on any atom is -0.224 e. The van der Waals surface area contributed by atoms with Crippen LogP contribution in [-0.4, -0.2) is 14.2 Å². The number of hydrogen-bond donors (Lipinski definition) is 0. The summed E-state index contributed by atoms with van der Waals surface area (Å²) in [5.74, 6) is 0.304. The maximum Gasteiger partial charge on any atom is 0.179 e. The highest BCUT2D eigenvalue weighted by atomic mass is 32.2. The van der Waals surface area contributed by atoms with Gasteiger partial charge in [-0.3, -0.25) is 0 Å². The van der Waals surface area contributed by atoms with Gasteiger partial charge in [0.2, 0.25) is 0 Å². The van der Waals surface area contributed by atoms with Crippen molar-refractivity contribution < 1.29 is 8.42 Å². The number of rotatable bonds is 10. The van der Waals surface area contributed by atoms with Crippen LogP contribution < -0.4 is 0 Å². The second-order valence-electron chi connectivity index (χ2n) is 4.75. The molecular weight excluding hydrogens is 264 g/mol. The Morgan fingerprint density at radius 2 is 1.61 bits per heavy atom. The van der Waals surface area contributed by atoms with E-state index in [-0.39, 0.29) is 0 Å². The van der Waals surface area contributed by atoms with Gasteiger partial charge in [-0.05, 0) is 17.9 Å². The smallest absolute Gasteiger partial charge is 0.179 e. The molecule has 104 valence electrons. The summed E-state index contributed by atoms with van der Waals surface area (Å²) in [5, 5.41) is 3.54. The van der Waals surface area contributed by atoms with Crippen LogP contribution in [0.25, 0.3) is 0 Å². The van der Waals surface area contributed by atoms with E-state index in [2.05, 4.69) is 6.92 Å². The molecule has 0 saturated heterocycles. The van der Waals surface area contributed by atoms with Crippen molar-refractivity contribution in [3.8, 4) is 0 Å². The van der Waals surface area contributed by atoms with Crippen molar-refractivity contribution in [1.29, 1.82) is 0 Å². The van der Waals surface area contributed by atoms with Gasteiger partial charge in [-0.15, -0.1) is 0 Å². The topological polar surface area (TPSA) is 34.1 Å². The Morgan fingerprint density at radius 1 is 1.00 bits per heavy atom. The lowest BCUT2D eigenvalue weighted by Gasteiger charge is -2.03. The Kier molecular flexibility index (Phi) is 7.59. The molecule has 0 bridgehead atoms. The Balaban J connectivity index is 2.08. The Hall–Kier alpha value is -0.350. The van der Waals surface area contributed by atoms with Gasteiger partial charge in [0.25, 0.3) is 0 Å². The highest BCUT2D eigenvalue weighted by Gasteiger charge is 2.13. The molecule has 18 heavy (non-hydrogen) atoms. The summed E-state index contributed by atoms with van der Waals surface area (Å²) in [6.07, 6.45) is 9.48. The van der Waals surface area contributed by atoms with Gasteiger partial charge >= 0.3 is 0 Å². The monoisotopic (exact) mass is 288 g/mol. The fourth-order valence-corrected chi connectivity index (χ4v) is 4.42. The predicted molar refractivity (Wildman–Crippen MR) is 79.0 cm³/mol. The maximum atomic E-state index is 11.9. The van der Waals surface area contributed by atoms with Gasteiger partial charge < -0.3 is 0 Å². The summed E-state index contributed by atoms with van der Waals surface area (Å²) in [5.41, 5.74) is 0. The first-order valence-electron chi connectivity index (χ1n) is 6.92. The van der Waals surface area contributed by atoms with E-state index in [1.54, 1.807) is 11.4 Å². The normalized spacial score (nSPS) is 11.8. The minimum atomic E-state index is -3.01. The van der Waals surface area contributed by atoms with E-state index < -0.39 is 9.84 Å². The first kappa shape index (κ1) is 15.7. The molecule has 1 aromatic heterocycles. The molecule has 0 unspecified atom stereocenters. The van der Waals surface area contributed by atoms with E-state index in [4.69, 9.17) is 0 Å². The van der Waals surface area contributed by atoms with Crippen LogP contribution in [0.5, 0.6) is 0 Å². The molecule has 1 heterocycles. The molecule has 0 aliphatic rings. The molecule has 4 heteroatoms. The second kappa shape index (κ2) is 8.70. The third-order valence-electron chi connectivity index (χ3n) is 3.12. The number of unbranched alkanes of at least 4 members (excludes halogenated alkanes) is 7. The average molecular weight is 288 g/mol. The van der Waals surface area contributed by atoms with Crippen molar-refractivity contribution in [2.24, 2.45) is 0 Å². The molecule has 0 saturated carbocycles. The molecule has 1 aromatic rings. The van der Waals surface area contributed by atoms with Crippen molar-refractivity contribution in [3.63, 3.8) is 0 Å². The van der Waals surface area contributed by atoms with Crippen LogP contribution in [0.15, 0.2) is 21.7 Å². The highest BCUT2D eigenvalue weighted by molar-refractivity contribution is 7.91. The zero-order valence-electron chi connectivity index (χ0n) is 11.2. The first-order chi connectivity index (χ1) is 8.67. The van der Waals surface area contributed by atoms with Crippen molar-refractivity contribution in [2.45, 2.75) is 63.2 Å². The van der Waals surface area contributed by atoms with Crippen LogP contribution in [0.4, 0.5) is 0 Å². The maximum absolute atomic E-state index is 11.9. The lowest BCUT2D eigenvalue weighted by molar-refractivity contribution is 0.572. The van der Waals surface area contributed by atoms with Gasteiger partial charge in [0.05, 0.1) is 10.6 Å². The predicted octanol–water partition coefficient (Wildman–Crippen LogP) is 4.66. The van der Waals surface area contributed by atoms with Gasteiger partial charge in [-0.25, -0.2) is 8.42 Å². The Bertz CT molecular complexity index is 393. The van der Waals surface area contributed by atoms with Crippen LogP contribution in [0.2, 0.25) is 0 Å². The molecule has 0 radical (unpaired) electrons. The second-order valence-corrected chi connectivity index (χ2v) is 7.64. The number of thiophene rings is 1. The van der Waals surface area contributed by atoms with Crippen molar-refractivity contribution in [3.05, 3.63) is 16.8 Å². The third kappa shape index (κ3) is 6.01. The fourth-order valence-electron chi connectivity index (χ4n) is 1.97. The molecule has 2 nitrogen and oxygen atoms in total. The largest absolute Gasteiger partial charge is 0.224 e. The molecule has 0 atom stereocenters. The molecule has 0 fully saturated rings. The quantitative estimate of drug-likeness (QED) is 0.587. The molecule has 1 rings (SSSR count). The van der Waals surface area contributed by atoms with Gasteiger partial charge in [0.15, 0.2) is 9.84 Å². The Labute approximate surface area is 115 Å². The van der Waals surface area contributed by atoms with Crippen LogP contribution in [0.1, 0.15) is 58.3 Å². The zero-order valence-corrected chi connectivity index (χ0v) is 12.9. The lowest BCUT2D eigenvalue weighted by Crippen LogP contribution is -2.05. The van der Waals surface area contributed by atoms with Gasteiger partial charge in [0, 0.05) is 5.38 Å². The molecule has 0 spiro atoms. The van der Waals surface area contributed by atoms with E-state index in [1.807, 2.05) is 5.38 Å². The van der Waals surface area contributed by atoms with Gasteiger partial charge in [-0.2, -0.15) is 11.3 Å². The van der Waals surface area contributed by atoms with E-state index in [1.165, 1.54) is 49.9 Å². The fraction of sp³-hybridized carbons (Fsp3) is 0.714. The zero-order chi connectivity index (χ0) is 13.3. The number of sulfone groups is 1. The molecule has 0 aliphatic heterocycles. The molecule has 0 amide bonds. The molecule has 0 aliphatic carbocycles. The highest BCUT2D eigenvalue weighted by Crippen LogP contribution is 2.17. The Morgan fingerprint density at radius 3 is 2.17 bits per heavy atom. The van der Waals surface area contributed by atoms with Crippen LogP contribution in [0, 0.1) is 0 Å². The summed E-state index contributed by atoms with van der Waals surface area (Å²) < 4.78 is 23.7. The molecule has 0 aromatic carbocycles. The van der Waals surface area contributed by atoms with Crippen LogP contribution in [0.3, 0.4) is 0 Å². The van der Waals surface area contributed by atoms with Gasteiger partial charge in [-0.1, -0.05) is 51.9 Å². The van der Waals surface area contributed by atoms with Crippen LogP contribution >= 0.6 is 11.3 Å². The van der Waals surface area contributed by atoms with Crippen LogP contribution in [-0.2, 0) is 9.84 Å². The molecule has 0 N–H and O–H groups in total. The first-order valence-corrected chi connectivity index (χ1v) is 9.51.